The van der Waals surface area contributed by atoms with Gasteiger partial charge in [0, 0.05) is 19.0 Å². The molecule has 0 saturated carbocycles. The number of hydrogen-bond donors (Lipinski definition) is 2. The van der Waals surface area contributed by atoms with E-state index in [1.165, 1.54) is 0 Å². The highest BCUT2D eigenvalue weighted by Crippen LogP contribution is 2.11. The zero-order chi connectivity index (χ0) is 11.8. The van der Waals surface area contributed by atoms with Crippen molar-refractivity contribution in [1.82, 2.24) is 5.32 Å². The van der Waals surface area contributed by atoms with Gasteiger partial charge in [-0.3, -0.25) is 0 Å². The zero-order valence-corrected chi connectivity index (χ0v) is 9.69. The summed E-state index contributed by atoms with van der Waals surface area (Å²) in [5, 5.41) is 13.2. The molecule has 1 rings (SSSR count). The van der Waals surface area contributed by atoms with E-state index in [1.54, 1.807) is 0 Å². The molecule has 0 aliphatic rings. The topological polar surface area (TPSA) is 32.3 Å². The second-order valence-electron chi connectivity index (χ2n) is 3.85. The van der Waals surface area contributed by atoms with E-state index in [0.717, 1.165) is 12.0 Å². The lowest BCUT2D eigenvalue weighted by Gasteiger charge is -2.17. The first-order valence-corrected chi connectivity index (χ1v) is 5.67. The molecule has 0 spiro atoms. The van der Waals surface area contributed by atoms with Gasteiger partial charge in [0.05, 0.1) is 6.10 Å². The number of rotatable bonds is 6. The van der Waals surface area contributed by atoms with Crippen LogP contribution in [0.4, 0.5) is 0 Å². The average molecular weight is 217 g/mol. The molecular weight excluding hydrogens is 198 g/mol. The van der Waals surface area contributed by atoms with Crippen LogP contribution in [0, 0.1) is 12.3 Å². The quantitative estimate of drug-likeness (QED) is 0.715. The van der Waals surface area contributed by atoms with Crippen molar-refractivity contribution in [2.45, 2.75) is 31.9 Å². The van der Waals surface area contributed by atoms with E-state index in [0.29, 0.717) is 19.0 Å². The normalized spacial score (nSPS) is 14.1. The van der Waals surface area contributed by atoms with Crippen LogP contribution in [0.2, 0.25) is 0 Å². The minimum Gasteiger partial charge on any atom is -0.387 e. The van der Waals surface area contributed by atoms with Gasteiger partial charge in [0.15, 0.2) is 0 Å². The molecule has 0 heterocycles. The standard InChI is InChI=1S/C14H19NO/c1-3-8-13(4-2)15-11-14(16)12-9-6-5-7-10-12/h1,5-7,9-10,13-16H,4,8,11H2,2H3. The van der Waals surface area contributed by atoms with Crippen molar-refractivity contribution in [2.75, 3.05) is 6.54 Å². The van der Waals surface area contributed by atoms with Crippen molar-refractivity contribution in [3.8, 4) is 12.3 Å². The van der Waals surface area contributed by atoms with Crippen LogP contribution in [0.5, 0.6) is 0 Å². The summed E-state index contributed by atoms with van der Waals surface area (Å²) in [5.41, 5.74) is 0.936. The molecule has 0 fully saturated rings. The number of terminal acetylenes is 1. The van der Waals surface area contributed by atoms with Gasteiger partial charge in [-0.25, -0.2) is 0 Å². The maximum atomic E-state index is 9.92. The first-order chi connectivity index (χ1) is 7.77. The number of aliphatic hydroxyl groups excluding tert-OH is 1. The summed E-state index contributed by atoms with van der Waals surface area (Å²) >= 11 is 0. The molecule has 0 radical (unpaired) electrons. The van der Waals surface area contributed by atoms with Crippen LogP contribution >= 0.6 is 0 Å². The Kier molecular flexibility index (Phi) is 5.63. The Balaban J connectivity index is 2.41. The summed E-state index contributed by atoms with van der Waals surface area (Å²) in [4.78, 5) is 0. The van der Waals surface area contributed by atoms with Gasteiger partial charge in [0.25, 0.3) is 0 Å². The van der Waals surface area contributed by atoms with Gasteiger partial charge in [-0.2, -0.15) is 0 Å². The second kappa shape index (κ2) is 7.05. The van der Waals surface area contributed by atoms with Gasteiger partial charge in [0.2, 0.25) is 0 Å². The van der Waals surface area contributed by atoms with Crippen molar-refractivity contribution in [3.63, 3.8) is 0 Å². The third kappa shape index (κ3) is 4.06. The third-order valence-electron chi connectivity index (χ3n) is 2.64. The Labute approximate surface area is 97.7 Å². The molecule has 0 saturated heterocycles. The molecule has 0 bridgehead atoms. The van der Waals surface area contributed by atoms with E-state index in [1.807, 2.05) is 30.3 Å². The number of aliphatic hydroxyl groups is 1. The van der Waals surface area contributed by atoms with Crippen LogP contribution in [0.1, 0.15) is 31.4 Å². The lowest BCUT2D eigenvalue weighted by Crippen LogP contribution is -2.31. The second-order valence-corrected chi connectivity index (χ2v) is 3.85. The van der Waals surface area contributed by atoms with Crippen LogP contribution in [-0.2, 0) is 0 Å². The first-order valence-electron chi connectivity index (χ1n) is 5.67. The van der Waals surface area contributed by atoms with Crippen LogP contribution < -0.4 is 5.32 Å². The molecule has 86 valence electrons. The summed E-state index contributed by atoms with van der Waals surface area (Å²) in [6, 6.07) is 9.94. The molecule has 2 nitrogen and oxygen atoms in total. The van der Waals surface area contributed by atoms with Gasteiger partial charge >= 0.3 is 0 Å². The molecule has 1 aromatic carbocycles. The van der Waals surface area contributed by atoms with Crippen molar-refractivity contribution >= 4 is 0 Å². The Morgan fingerprint density at radius 3 is 2.62 bits per heavy atom. The summed E-state index contributed by atoms with van der Waals surface area (Å²) in [7, 11) is 0. The van der Waals surface area contributed by atoms with E-state index >= 15 is 0 Å². The maximum absolute atomic E-state index is 9.92. The fourth-order valence-corrected chi connectivity index (χ4v) is 1.57. The first kappa shape index (κ1) is 12.8. The van der Waals surface area contributed by atoms with Gasteiger partial charge in [0.1, 0.15) is 0 Å². The molecule has 2 atom stereocenters. The molecule has 1 aromatic rings. The summed E-state index contributed by atoms with van der Waals surface area (Å²) < 4.78 is 0. The molecule has 0 aliphatic heterocycles. The van der Waals surface area contributed by atoms with Crippen LogP contribution in [0.15, 0.2) is 30.3 Å². The highest BCUT2D eigenvalue weighted by molar-refractivity contribution is 5.17. The predicted molar refractivity (Wildman–Crippen MR) is 66.9 cm³/mol. The molecule has 2 heteroatoms. The Bertz CT molecular complexity index is 328. The maximum Gasteiger partial charge on any atom is 0.0914 e. The molecule has 0 aromatic heterocycles. The van der Waals surface area contributed by atoms with E-state index in [2.05, 4.69) is 18.2 Å². The average Bonchev–Trinajstić information content (AvgIpc) is 2.35. The van der Waals surface area contributed by atoms with E-state index in [9.17, 15) is 5.11 Å². The minimum absolute atomic E-state index is 0.295. The smallest absolute Gasteiger partial charge is 0.0914 e. The molecule has 0 aliphatic carbocycles. The van der Waals surface area contributed by atoms with E-state index in [-0.39, 0.29) is 0 Å². The summed E-state index contributed by atoms with van der Waals surface area (Å²) in [6.45, 7) is 2.63. The van der Waals surface area contributed by atoms with Crippen molar-refractivity contribution in [2.24, 2.45) is 0 Å². The van der Waals surface area contributed by atoms with Gasteiger partial charge in [-0.15, -0.1) is 12.3 Å². The Hall–Kier alpha value is -1.30. The number of hydrogen-bond acceptors (Lipinski definition) is 2. The largest absolute Gasteiger partial charge is 0.387 e. The van der Waals surface area contributed by atoms with Gasteiger partial charge in [-0.05, 0) is 12.0 Å². The highest BCUT2D eigenvalue weighted by Gasteiger charge is 2.09. The molecular formula is C14H19NO. The molecule has 0 amide bonds. The van der Waals surface area contributed by atoms with E-state index < -0.39 is 6.10 Å². The van der Waals surface area contributed by atoms with E-state index in [4.69, 9.17) is 6.42 Å². The fourth-order valence-electron chi connectivity index (χ4n) is 1.57. The third-order valence-corrected chi connectivity index (χ3v) is 2.64. The number of benzene rings is 1. The fraction of sp³-hybridized carbons (Fsp3) is 0.429. The number of nitrogens with one attached hydrogen (secondary N) is 1. The van der Waals surface area contributed by atoms with Crippen LogP contribution in [0.3, 0.4) is 0 Å². The van der Waals surface area contributed by atoms with Crippen molar-refractivity contribution in [1.29, 1.82) is 0 Å². The SMILES string of the molecule is C#CCC(CC)NCC(O)c1ccccc1. The molecule has 2 N–H and O–H groups in total. The molecule has 2 unspecified atom stereocenters. The predicted octanol–water partition coefficient (Wildman–Crippen LogP) is 2.11. The van der Waals surface area contributed by atoms with Gasteiger partial charge in [-0.1, -0.05) is 37.3 Å². The van der Waals surface area contributed by atoms with Crippen molar-refractivity contribution < 1.29 is 5.11 Å². The molecule has 16 heavy (non-hydrogen) atoms. The van der Waals surface area contributed by atoms with Crippen LogP contribution in [0.25, 0.3) is 0 Å². The summed E-state index contributed by atoms with van der Waals surface area (Å²) in [6.07, 6.45) is 6.49. The monoisotopic (exact) mass is 217 g/mol. The lowest BCUT2D eigenvalue weighted by molar-refractivity contribution is 0.169. The van der Waals surface area contributed by atoms with Crippen LogP contribution in [-0.4, -0.2) is 17.7 Å². The minimum atomic E-state index is -0.465. The van der Waals surface area contributed by atoms with Crippen molar-refractivity contribution in [3.05, 3.63) is 35.9 Å². The Morgan fingerprint density at radius 1 is 1.38 bits per heavy atom. The Morgan fingerprint density at radius 2 is 2.06 bits per heavy atom. The lowest BCUT2D eigenvalue weighted by atomic mass is 10.1. The zero-order valence-electron chi connectivity index (χ0n) is 9.69. The summed E-state index contributed by atoms with van der Waals surface area (Å²) in [5.74, 6) is 2.64. The highest BCUT2D eigenvalue weighted by atomic mass is 16.3. The van der Waals surface area contributed by atoms with Gasteiger partial charge < -0.3 is 10.4 Å².